The van der Waals surface area contributed by atoms with Crippen LogP contribution in [0.5, 0.6) is 0 Å². The van der Waals surface area contributed by atoms with Gasteiger partial charge in [-0.3, -0.25) is 4.79 Å². The van der Waals surface area contributed by atoms with Gasteiger partial charge in [-0.25, -0.2) is 0 Å². The largest absolute Gasteiger partial charge is 0.345 e. The normalized spacial score (nSPS) is 12.0. The molecule has 0 fully saturated rings. The molecule has 0 saturated carbocycles. The average Bonchev–Trinajstić information content (AvgIpc) is 1.84. The van der Waals surface area contributed by atoms with Crippen molar-refractivity contribution in [3.63, 3.8) is 0 Å². The molecule has 0 heterocycles. The highest BCUT2D eigenvalue weighted by atomic mass is 16.2. The van der Waals surface area contributed by atoms with Crippen molar-refractivity contribution >= 4 is 5.91 Å². The van der Waals surface area contributed by atoms with E-state index < -0.39 is 0 Å². The van der Waals surface area contributed by atoms with E-state index in [-0.39, 0.29) is 5.91 Å². The van der Waals surface area contributed by atoms with E-state index in [0.717, 1.165) is 5.57 Å². The van der Waals surface area contributed by atoms with Crippen molar-refractivity contribution < 1.29 is 4.79 Å². The first kappa shape index (κ1) is 10.2. The quantitative estimate of drug-likeness (QED) is 0.555. The third-order valence-corrected chi connectivity index (χ3v) is 1.33. The predicted molar refractivity (Wildman–Crippen MR) is 47.3 cm³/mol. The van der Waals surface area contributed by atoms with Gasteiger partial charge in [-0.1, -0.05) is 19.9 Å². The third-order valence-electron chi connectivity index (χ3n) is 1.33. The van der Waals surface area contributed by atoms with Gasteiger partial charge >= 0.3 is 0 Å². The predicted octanol–water partition coefficient (Wildman–Crippen LogP) is 1.68. The van der Waals surface area contributed by atoms with Crippen molar-refractivity contribution in [1.82, 2.24) is 4.90 Å². The Bertz CT molecular complexity index is 168. The summed E-state index contributed by atoms with van der Waals surface area (Å²) in [6.07, 6.45) is 1.97. The van der Waals surface area contributed by atoms with Gasteiger partial charge in [0.15, 0.2) is 0 Å². The van der Waals surface area contributed by atoms with Gasteiger partial charge in [0.25, 0.3) is 0 Å². The van der Waals surface area contributed by atoms with Crippen LogP contribution in [0.2, 0.25) is 0 Å². The van der Waals surface area contributed by atoms with Crippen LogP contribution in [0.15, 0.2) is 11.6 Å². The summed E-state index contributed by atoms with van der Waals surface area (Å²) in [5.41, 5.74) is 0.824. The van der Waals surface area contributed by atoms with E-state index in [1.807, 2.05) is 13.0 Å². The van der Waals surface area contributed by atoms with Crippen LogP contribution in [0.3, 0.4) is 0 Å². The summed E-state index contributed by atoms with van der Waals surface area (Å²) in [5, 5.41) is 0. The molecule has 0 unspecified atom stereocenters. The Morgan fingerprint density at radius 1 is 1.36 bits per heavy atom. The fraction of sp³-hybridized carbons (Fsp3) is 0.667. The standard InChI is InChI=1S/C9H17NO/c1-7(2)6-8(3)9(11)10(4)5/h6-7H,1-5H3. The first-order valence-electron chi connectivity index (χ1n) is 3.85. The van der Waals surface area contributed by atoms with E-state index in [1.165, 1.54) is 0 Å². The van der Waals surface area contributed by atoms with Gasteiger partial charge in [0, 0.05) is 19.7 Å². The Balaban J connectivity index is 4.24. The molecule has 1 amide bonds. The summed E-state index contributed by atoms with van der Waals surface area (Å²) >= 11 is 0. The fourth-order valence-electron chi connectivity index (χ4n) is 0.924. The molecule has 0 N–H and O–H groups in total. The van der Waals surface area contributed by atoms with E-state index in [2.05, 4.69) is 13.8 Å². The second-order valence-electron chi connectivity index (χ2n) is 3.29. The maximum absolute atomic E-state index is 11.2. The zero-order valence-electron chi connectivity index (χ0n) is 8.01. The summed E-state index contributed by atoms with van der Waals surface area (Å²) in [4.78, 5) is 12.8. The van der Waals surface area contributed by atoms with E-state index in [1.54, 1.807) is 19.0 Å². The second kappa shape index (κ2) is 4.16. The molecule has 0 atom stereocenters. The molecule has 11 heavy (non-hydrogen) atoms. The van der Waals surface area contributed by atoms with Crippen LogP contribution in [0.4, 0.5) is 0 Å². The van der Waals surface area contributed by atoms with Gasteiger partial charge in [0.1, 0.15) is 0 Å². The minimum atomic E-state index is 0.0960. The molecule has 0 radical (unpaired) electrons. The fourth-order valence-corrected chi connectivity index (χ4v) is 0.924. The van der Waals surface area contributed by atoms with Gasteiger partial charge in [-0.05, 0) is 12.8 Å². The summed E-state index contributed by atoms with van der Waals surface area (Å²) in [7, 11) is 3.53. The zero-order chi connectivity index (χ0) is 9.02. The lowest BCUT2D eigenvalue weighted by Crippen LogP contribution is -2.22. The lowest BCUT2D eigenvalue weighted by Gasteiger charge is -2.10. The number of allylic oxidation sites excluding steroid dienone is 1. The topological polar surface area (TPSA) is 20.3 Å². The Labute approximate surface area is 68.9 Å². The van der Waals surface area contributed by atoms with Gasteiger partial charge in [0.2, 0.25) is 5.91 Å². The zero-order valence-corrected chi connectivity index (χ0v) is 8.01. The summed E-state index contributed by atoms with van der Waals surface area (Å²) in [6.45, 7) is 5.97. The van der Waals surface area contributed by atoms with Gasteiger partial charge in [-0.2, -0.15) is 0 Å². The first-order valence-corrected chi connectivity index (χ1v) is 3.85. The van der Waals surface area contributed by atoms with E-state index in [0.29, 0.717) is 5.92 Å². The molecule has 2 heteroatoms. The minimum Gasteiger partial charge on any atom is -0.345 e. The number of rotatable bonds is 2. The van der Waals surface area contributed by atoms with Crippen molar-refractivity contribution in [2.45, 2.75) is 20.8 Å². The van der Waals surface area contributed by atoms with Crippen LogP contribution in [0.25, 0.3) is 0 Å². The molecule has 0 bridgehead atoms. The van der Waals surface area contributed by atoms with Crippen molar-refractivity contribution in [3.05, 3.63) is 11.6 Å². The molecule has 2 nitrogen and oxygen atoms in total. The lowest BCUT2D eigenvalue weighted by molar-refractivity contribution is -0.124. The molecule has 0 aromatic rings. The maximum atomic E-state index is 11.2. The SMILES string of the molecule is CC(=CC(C)C)C(=O)N(C)C. The highest BCUT2D eigenvalue weighted by molar-refractivity contribution is 5.92. The summed E-state index contributed by atoms with van der Waals surface area (Å²) in [6, 6.07) is 0. The first-order chi connectivity index (χ1) is 4.95. The van der Waals surface area contributed by atoms with Gasteiger partial charge in [0.05, 0.1) is 0 Å². The lowest BCUT2D eigenvalue weighted by atomic mass is 10.1. The maximum Gasteiger partial charge on any atom is 0.248 e. The van der Waals surface area contributed by atoms with Crippen molar-refractivity contribution in [2.75, 3.05) is 14.1 Å². The van der Waals surface area contributed by atoms with Crippen LogP contribution in [0.1, 0.15) is 20.8 Å². The molecule has 0 aliphatic rings. The van der Waals surface area contributed by atoms with E-state index in [4.69, 9.17) is 0 Å². The summed E-state index contributed by atoms with van der Waals surface area (Å²) < 4.78 is 0. The van der Waals surface area contributed by atoms with Crippen molar-refractivity contribution in [1.29, 1.82) is 0 Å². The molecule has 0 saturated heterocycles. The number of hydrogen-bond donors (Lipinski definition) is 0. The third kappa shape index (κ3) is 3.81. The molecule has 64 valence electrons. The Morgan fingerprint density at radius 3 is 2.09 bits per heavy atom. The number of carbonyl (C=O) groups is 1. The average molecular weight is 155 g/mol. The summed E-state index contributed by atoms with van der Waals surface area (Å²) in [5.74, 6) is 0.539. The number of amides is 1. The van der Waals surface area contributed by atoms with Crippen LogP contribution in [-0.4, -0.2) is 24.9 Å². The van der Waals surface area contributed by atoms with Crippen molar-refractivity contribution in [3.8, 4) is 0 Å². The molecule has 0 aliphatic heterocycles. The van der Waals surface area contributed by atoms with Crippen LogP contribution < -0.4 is 0 Å². The highest BCUT2D eigenvalue weighted by Gasteiger charge is 2.05. The number of likely N-dealkylation sites (N-methyl/N-ethyl adjacent to an activating group) is 1. The molecule has 0 spiro atoms. The molecular weight excluding hydrogens is 138 g/mol. The van der Waals surface area contributed by atoms with Crippen LogP contribution in [0, 0.1) is 5.92 Å². The van der Waals surface area contributed by atoms with Crippen LogP contribution in [-0.2, 0) is 4.79 Å². The number of carbonyl (C=O) groups excluding carboxylic acids is 1. The van der Waals surface area contributed by atoms with Gasteiger partial charge in [-0.15, -0.1) is 0 Å². The molecule has 0 rings (SSSR count). The Morgan fingerprint density at radius 2 is 1.82 bits per heavy atom. The Hall–Kier alpha value is -0.790. The van der Waals surface area contributed by atoms with Crippen LogP contribution >= 0.6 is 0 Å². The molecule has 0 aromatic carbocycles. The molecular formula is C9H17NO. The van der Waals surface area contributed by atoms with E-state index >= 15 is 0 Å². The monoisotopic (exact) mass is 155 g/mol. The highest BCUT2D eigenvalue weighted by Crippen LogP contribution is 2.03. The van der Waals surface area contributed by atoms with Crippen molar-refractivity contribution in [2.24, 2.45) is 5.92 Å². The number of hydrogen-bond acceptors (Lipinski definition) is 1. The molecule has 0 aliphatic carbocycles. The van der Waals surface area contributed by atoms with E-state index in [9.17, 15) is 4.79 Å². The smallest absolute Gasteiger partial charge is 0.248 e. The number of nitrogens with zero attached hydrogens (tertiary/aromatic N) is 1. The van der Waals surface area contributed by atoms with Gasteiger partial charge < -0.3 is 4.90 Å². The minimum absolute atomic E-state index is 0.0960. The second-order valence-corrected chi connectivity index (χ2v) is 3.29. The Kier molecular flexibility index (Phi) is 3.86. The molecule has 0 aromatic heterocycles.